The summed E-state index contributed by atoms with van der Waals surface area (Å²) in [5.74, 6) is -2.50. The Morgan fingerprint density at radius 1 is 1.12 bits per heavy atom. The number of alkyl halides is 3. The highest BCUT2D eigenvalue weighted by Crippen LogP contribution is 2.32. The molecule has 0 unspecified atom stereocenters. The average Bonchev–Trinajstić information content (AvgIpc) is 3.28. The van der Waals surface area contributed by atoms with Crippen LogP contribution >= 0.6 is 22.9 Å². The maximum atomic E-state index is 12.7. The highest BCUT2D eigenvalue weighted by molar-refractivity contribution is 7.08. The minimum absolute atomic E-state index is 0.00886. The van der Waals surface area contributed by atoms with Gasteiger partial charge in [-0.2, -0.15) is 24.5 Å². The summed E-state index contributed by atoms with van der Waals surface area (Å²) in [5, 5.41) is 7.70. The van der Waals surface area contributed by atoms with Crippen molar-refractivity contribution >= 4 is 52.2 Å². The molecule has 7 nitrogen and oxygen atoms in total. The summed E-state index contributed by atoms with van der Waals surface area (Å²) < 4.78 is 42.9. The standard InChI is InChI=1S/C20H13ClF3N3O4S/c21-14-7-12(20(22,23)24)8-25-17(14)27-16(28)9-31-19(30)13-3-1-2-4-15(13)26-18(29)11-5-6-32-10-11/h1-8,10H,9H2,(H,26,29)(H,25,27,28). The second-order valence-electron chi connectivity index (χ2n) is 6.19. The fourth-order valence-corrected chi connectivity index (χ4v) is 3.27. The maximum Gasteiger partial charge on any atom is 0.417 e. The highest BCUT2D eigenvalue weighted by atomic mass is 35.5. The predicted octanol–water partition coefficient (Wildman–Crippen LogP) is 4.86. The Morgan fingerprint density at radius 3 is 2.53 bits per heavy atom. The minimum atomic E-state index is -4.64. The third-order valence-corrected chi connectivity index (χ3v) is 4.91. The number of pyridine rings is 1. The Kier molecular flexibility index (Phi) is 7.11. The van der Waals surface area contributed by atoms with Crippen LogP contribution in [0.15, 0.2) is 53.4 Å². The molecular formula is C20H13ClF3N3O4S. The molecule has 2 heterocycles. The van der Waals surface area contributed by atoms with Crippen LogP contribution in [-0.4, -0.2) is 29.4 Å². The first kappa shape index (κ1) is 23.2. The Morgan fingerprint density at radius 2 is 1.88 bits per heavy atom. The molecular weight excluding hydrogens is 471 g/mol. The van der Waals surface area contributed by atoms with Crippen molar-refractivity contribution in [2.24, 2.45) is 0 Å². The van der Waals surface area contributed by atoms with Crippen LogP contribution in [0.5, 0.6) is 0 Å². The van der Waals surface area contributed by atoms with E-state index in [0.717, 1.165) is 0 Å². The van der Waals surface area contributed by atoms with Gasteiger partial charge in [0.05, 0.1) is 27.4 Å². The molecule has 166 valence electrons. The van der Waals surface area contributed by atoms with E-state index in [0.29, 0.717) is 17.8 Å². The number of hydrogen-bond acceptors (Lipinski definition) is 6. The van der Waals surface area contributed by atoms with Crippen LogP contribution in [0.2, 0.25) is 5.02 Å². The smallest absolute Gasteiger partial charge is 0.417 e. The topological polar surface area (TPSA) is 97.4 Å². The molecule has 0 spiro atoms. The number of carbonyl (C=O) groups excluding carboxylic acids is 3. The summed E-state index contributed by atoms with van der Waals surface area (Å²) in [4.78, 5) is 40.1. The summed E-state index contributed by atoms with van der Waals surface area (Å²) in [5.41, 5.74) is -0.470. The van der Waals surface area contributed by atoms with Gasteiger partial charge in [-0.1, -0.05) is 23.7 Å². The van der Waals surface area contributed by atoms with Crippen molar-refractivity contribution in [1.82, 2.24) is 4.98 Å². The van der Waals surface area contributed by atoms with Gasteiger partial charge in [0.2, 0.25) is 0 Å². The number of nitrogens with zero attached hydrogens (tertiary/aromatic N) is 1. The van der Waals surface area contributed by atoms with Gasteiger partial charge in [0, 0.05) is 11.6 Å². The van der Waals surface area contributed by atoms with Crippen LogP contribution in [-0.2, 0) is 15.7 Å². The number of ether oxygens (including phenoxy) is 1. The lowest BCUT2D eigenvalue weighted by atomic mass is 10.1. The molecule has 12 heteroatoms. The summed E-state index contributed by atoms with van der Waals surface area (Å²) in [6.07, 6.45) is -4.12. The molecule has 0 fully saturated rings. The molecule has 2 N–H and O–H groups in total. The average molecular weight is 484 g/mol. The van der Waals surface area contributed by atoms with Crippen molar-refractivity contribution in [2.45, 2.75) is 6.18 Å². The number of carbonyl (C=O) groups is 3. The number of amides is 2. The van der Waals surface area contributed by atoms with Crippen molar-refractivity contribution < 1.29 is 32.3 Å². The number of anilines is 2. The lowest BCUT2D eigenvalue weighted by molar-refractivity contribution is -0.137. The van der Waals surface area contributed by atoms with Crippen molar-refractivity contribution in [3.63, 3.8) is 0 Å². The van der Waals surface area contributed by atoms with E-state index >= 15 is 0 Å². The molecule has 0 bridgehead atoms. The Hall–Kier alpha value is -3.44. The number of hydrogen-bond donors (Lipinski definition) is 2. The number of halogens is 4. The van der Waals surface area contributed by atoms with Crippen molar-refractivity contribution in [3.05, 3.63) is 75.1 Å². The quantitative estimate of drug-likeness (QED) is 0.488. The van der Waals surface area contributed by atoms with Crippen LogP contribution in [0.3, 0.4) is 0 Å². The molecule has 3 rings (SSSR count). The molecule has 1 aromatic carbocycles. The van der Waals surface area contributed by atoms with Gasteiger partial charge in [0.15, 0.2) is 12.4 Å². The Labute approximate surface area is 188 Å². The molecule has 0 saturated carbocycles. The number of aromatic nitrogens is 1. The fourth-order valence-electron chi connectivity index (χ4n) is 2.42. The first-order valence-corrected chi connectivity index (χ1v) is 10.1. The van der Waals surface area contributed by atoms with Crippen molar-refractivity contribution in [1.29, 1.82) is 0 Å². The Balaban J connectivity index is 1.61. The molecule has 2 amide bonds. The van der Waals surface area contributed by atoms with Crippen LogP contribution in [0.25, 0.3) is 0 Å². The highest BCUT2D eigenvalue weighted by Gasteiger charge is 2.31. The van der Waals surface area contributed by atoms with Crippen molar-refractivity contribution in [3.8, 4) is 0 Å². The normalized spacial score (nSPS) is 11.0. The van der Waals surface area contributed by atoms with E-state index in [1.54, 1.807) is 29.0 Å². The lowest BCUT2D eigenvalue weighted by Gasteiger charge is -2.12. The van der Waals surface area contributed by atoms with Gasteiger partial charge in [0.1, 0.15) is 0 Å². The van der Waals surface area contributed by atoms with E-state index in [2.05, 4.69) is 15.6 Å². The first-order chi connectivity index (χ1) is 15.1. The molecule has 2 aromatic heterocycles. The zero-order valence-corrected chi connectivity index (χ0v) is 17.5. The zero-order valence-electron chi connectivity index (χ0n) is 15.9. The monoisotopic (exact) mass is 483 g/mol. The third kappa shape index (κ3) is 5.83. The van der Waals surface area contributed by atoms with E-state index in [-0.39, 0.29) is 17.1 Å². The summed E-state index contributed by atoms with van der Waals surface area (Å²) in [6, 6.07) is 8.27. The van der Waals surface area contributed by atoms with Crippen molar-refractivity contribution in [2.75, 3.05) is 17.2 Å². The maximum absolute atomic E-state index is 12.7. The van der Waals surface area contributed by atoms with Gasteiger partial charge in [-0.05, 0) is 29.6 Å². The molecule has 0 aliphatic carbocycles. The molecule has 0 aliphatic heterocycles. The van der Waals surface area contributed by atoms with Gasteiger partial charge >= 0.3 is 12.1 Å². The van der Waals surface area contributed by atoms with E-state index < -0.39 is 41.2 Å². The zero-order chi connectivity index (χ0) is 23.3. The van der Waals surface area contributed by atoms with E-state index in [1.165, 1.54) is 23.5 Å². The van der Waals surface area contributed by atoms with Gasteiger partial charge in [-0.15, -0.1) is 0 Å². The lowest BCUT2D eigenvalue weighted by Crippen LogP contribution is -2.22. The number of thiophene rings is 1. The molecule has 0 aliphatic rings. The number of nitrogens with one attached hydrogen (secondary N) is 2. The first-order valence-electron chi connectivity index (χ1n) is 8.77. The molecule has 3 aromatic rings. The number of esters is 1. The number of benzene rings is 1. The number of para-hydroxylation sites is 1. The van der Waals surface area contributed by atoms with Crippen LogP contribution < -0.4 is 10.6 Å². The summed E-state index contributed by atoms with van der Waals surface area (Å²) >= 11 is 7.06. The van der Waals surface area contributed by atoms with E-state index in [9.17, 15) is 27.6 Å². The number of rotatable bonds is 6. The minimum Gasteiger partial charge on any atom is -0.452 e. The SMILES string of the molecule is O=C(COC(=O)c1ccccc1NC(=O)c1ccsc1)Nc1ncc(C(F)(F)F)cc1Cl. The van der Waals surface area contributed by atoms with E-state index in [4.69, 9.17) is 16.3 Å². The molecule has 0 radical (unpaired) electrons. The van der Waals surface area contributed by atoms with Crippen LogP contribution in [0, 0.1) is 0 Å². The predicted molar refractivity (Wildman–Crippen MR) is 112 cm³/mol. The second kappa shape index (κ2) is 9.79. The van der Waals surface area contributed by atoms with Gasteiger partial charge < -0.3 is 15.4 Å². The van der Waals surface area contributed by atoms with Gasteiger partial charge in [0.25, 0.3) is 11.8 Å². The summed E-state index contributed by atoms with van der Waals surface area (Å²) in [7, 11) is 0. The summed E-state index contributed by atoms with van der Waals surface area (Å²) in [6.45, 7) is -0.759. The molecule has 0 saturated heterocycles. The fraction of sp³-hybridized carbons (Fsp3) is 0.100. The van der Waals surface area contributed by atoms with Crippen LogP contribution in [0.4, 0.5) is 24.7 Å². The Bertz CT molecular complexity index is 1150. The molecule has 0 atom stereocenters. The second-order valence-corrected chi connectivity index (χ2v) is 7.38. The van der Waals surface area contributed by atoms with Gasteiger partial charge in [-0.25, -0.2) is 9.78 Å². The van der Waals surface area contributed by atoms with Crippen LogP contribution in [0.1, 0.15) is 26.3 Å². The van der Waals surface area contributed by atoms with E-state index in [1.807, 2.05) is 0 Å². The van der Waals surface area contributed by atoms with Gasteiger partial charge in [-0.3, -0.25) is 9.59 Å². The largest absolute Gasteiger partial charge is 0.452 e. The third-order valence-electron chi connectivity index (χ3n) is 3.94. The molecule has 32 heavy (non-hydrogen) atoms.